The lowest BCUT2D eigenvalue weighted by Crippen LogP contribution is -2.36. The summed E-state index contributed by atoms with van der Waals surface area (Å²) in [4.78, 5) is 0. The van der Waals surface area contributed by atoms with Crippen LogP contribution in [0.2, 0.25) is 0 Å². The Labute approximate surface area is 114 Å². The Hall–Kier alpha value is -0.510. The Morgan fingerprint density at radius 3 is 2.50 bits per heavy atom. The van der Waals surface area contributed by atoms with Crippen molar-refractivity contribution in [1.29, 1.82) is 0 Å². The second-order valence-electron chi connectivity index (χ2n) is 4.69. The van der Waals surface area contributed by atoms with E-state index in [4.69, 9.17) is 4.74 Å². The van der Waals surface area contributed by atoms with Gasteiger partial charge < -0.3 is 10.1 Å². The summed E-state index contributed by atoms with van der Waals surface area (Å²) < 4.78 is 5.28. The molecule has 2 rings (SSSR count). The number of rotatable bonds is 7. The third kappa shape index (κ3) is 3.50. The maximum absolute atomic E-state index is 5.28. The summed E-state index contributed by atoms with van der Waals surface area (Å²) in [7, 11) is 0. The minimum Gasteiger partial charge on any atom is -0.379 e. The number of thioether (sulfide) groups is 1. The first-order valence-corrected chi connectivity index (χ1v) is 7.81. The SMILES string of the molecule is CCNC(c1ccccc1)C(CC)SC1COC1. The summed E-state index contributed by atoms with van der Waals surface area (Å²) in [5, 5.41) is 4.96. The quantitative estimate of drug-likeness (QED) is 0.818. The van der Waals surface area contributed by atoms with Crippen molar-refractivity contribution >= 4 is 11.8 Å². The van der Waals surface area contributed by atoms with Crippen molar-refractivity contribution in [3.8, 4) is 0 Å². The first kappa shape index (κ1) is 13.9. The lowest BCUT2D eigenvalue weighted by Gasteiger charge is -2.33. The monoisotopic (exact) mass is 265 g/mol. The second-order valence-corrected chi connectivity index (χ2v) is 6.23. The molecule has 18 heavy (non-hydrogen) atoms. The van der Waals surface area contributed by atoms with E-state index in [1.165, 1.54) is 12.0 Å². The number of hydrogen-bond donors (Lipinski definition) is 1. The molecule has 1 aromatic rings. The lowest BCUT2D eigenvalue weighted by molar-refractivity contribution is 0.0452. The fourth-order valence-corrected chi connectivity index (χ4v) is 3.74. The van der Waals surface area contributed by atoms with Gasteiger partial charge in [-0.05, 0) is 18.5 Å². The van der Waals surface area contributed by atoms with E-state index in [2.05, 4.69) is 61.3 Å². The van der Waals surface area contributed by atoms with E-state index in [0.717, 1.165) is 19.8 Å². The predicted molar refractivity (Wildman–Crippen MR) is 79.1 cm³/mol. The molecule has 100 valence electrons. The van der Waals surface area contributed by atoms with Crippen molar-refractivity contribution in [2.75, 3.05) is 19.8 Å². The van der Waals surface area contributed by atoms with Crippen LogP contribution >= 0.6 is 11.8 Å². The summed E-state index contributed by atoms with van der Waals surface area (Å²) >= 11 is 2.09. The Balaban J connectivity index is 2.06. The highest BCUT2D eigenvalue weighted by molar-refractivity contribution is 8.00. The van der Waals surface area contributed by atoms with E-state index in [1.54, 1.807) is 0 Å². The third-order valence-corrected chi connectivity index (χ3v) is 4.94. The van der Waals surface area contributed by atoms with E-state index in [-0.39, 0.29) is 0 Å². The maximum Gasteiger partial charge on any atom is 0.0608 e. The molecular formula is C15H23NOS. The molecule has 0 amide bonds. The number of hydrogen-bond acceptors (Lipinski definition) is 3. The van der Waals surface area contributed by atoms with Crippen LogP contribution in [0.25, 0.3) is 0 Å². The molecule has 0 aliphatic carbocycles. The van der Waals surface area contributed by atoms with Gasteiger partial charge in [-0.1, -0.05) is 44.2 Å². The standard InChI is InChI=1S/C15H23NOS/c1-3-14(18-13-10-17-11-13)15(16-4-2)12-8-6-5-7-9-12/h5-9,13-16H,3-4,10-11H2,1-2H3. The van der Waals surface area contributed by atoms with Gasteiger partial charge in [-0.3, -0.25) is 0 Å². The van der Waals surface area contributed by atoms with Crippen LogP contribution in [0, 0.1) is 0 Å². The van der Waals surface area contributed by atoms with Crippen molar-refractivity contribution in [3.05, 3.63) is 35.9 Å². The van der Waals surface area contributed by atoms with Crippen molar-refractivity contribution < 1.29 is 4.74 Å². The Bertz CT molecular complexity index is 340. The number of nitrogens with one attached hydrogen (secondary N) is 1. The smallest absolute Gasteiger partial charge is 0.0608 e. The highest BCUT2D eigenvalue weighted by Crippen LogP contribution is 2.34. The summed E-state index contributed by atoms with van der Waals surface area (Å²) in [5.74, 6) is 0. The average molecular weight is 265 g/mol. The van der Waals surface area contributed by atoms with E-state index in [1.807, 2.05) is 0 Å². The molecule has 2 nitrogen and oxygen atoms in total. The van der Waals surface area contributed by atoms with Gasteiger partial charge in [0.05, 0.1) is 18.5 Å². The van der Waals surface area contributed by atoms with Gasteiger partial charge in [-0.25, -0.2) is 0 Å². The summed E-state index contributed by atoms with van der Waals surface area (Å²) in [6, 6.07) is 11.3. The molecule has 1 aliphatic heterocycles. The van der Waals surface area contributed by atoms with Crippen LogP contribution in [0.5, 0.6) is 0 Å². The highest BCUT2D eigenvalue weighted by atomic mass is 32.2. The predicted octanol–water partition coefficient (Wildman–Crippen LogP) is 3.25. The van der Waals surface area contributed by atoms with E-state index >= 15 is 0 Å². The van der Waals surface area contributed by atoms with Gasteiger partial charge in [-0.2, -0.15) is 0 Å². The largest absolute Gasteiger partial charge is 0.379 e. The topological polar surface area (TPSA) is 21.3 Å². The molecule has 1 heterocycles. The Morgan fingerprint density at radius 1 is 1.28 bits per heavy atom. The molecule has 1 fully saturated rings. The average Bonchev–Trinajstić information content (AvgIpc) is 2.37. The van der Waals surface area contributed by atoms with Gasteiger partial charge in [0.1, 0.15) is 0 Å². The second kappa shape index (κ2) is 7.17. The zero-order valence-corrected chi connectivity index (χ0v) is 12.1. The zero-order chi connectivity index (χ0) is 12.8. The minimum absolute atomic E-state index is 0.451. The first-order valence-electron chi connectivity index (χ1n) is 6.86. The molecule has 0 bridgehead atoms. The van der Waals surface area contributed by atoms with Gasteiger partial charge in [0.2, 0.25) is 0 Å². The lowest BCUT2D eigenvalue weighted by atomic mass is 10.0. The van der Waals surface area contributed by atoms with Gasteiger partial charge in [0, 0.05) is 11.3 Å². The molecule has 0 spiro atoms. The Morgan fingerprint density at radius 2 is 2.00 bits per heavy atom. The normalized spacial score (nSPS) is 19.2. The van der Waals surface area contributed by atoms with Gasteiger partial charge >= 0.3 is 0 Å². The van der Waals surface area contributed by atoms with Crippen LogP contribution in [-0.4, -0.2) is 30.3 Å². The third-order valence-electron chi connectivity index (χ3n) is 3.33. The first-order chi connectivity index (χ1) is 8.85. The number of ether oxygens (including phenoxy) is 1. The molecule has 2 unspecified atom stereocenters. The Kier molecular flexibility index (Phi) is 5.54. The van der Waals surface area contributed by atoms with E-state index in [9.17, 15) is 0 Å². The van der Waals surface area contributed by atoms with Gasteiger partial charge in [0.25, 0.3) is 0 Å². The summed E-state index contributed by atoms with van der Waals surface area (Å²) in [6.45, 7) is 7.33. The number of benzene rings is 1. The molecule has 3 heteroatoms. The molecule has 0 aromatic heterocycles. The molecular weight excluding hydrogens is 242 g/mol. The summed E-state index contributed by atoms with van der Waals surface area (Å²) in [5.41, 5.74) is 1.40. The fourth-order valence-electron chi connectivity index (χ4n) is 2.29. The molecule has 1 N–H and O–H groups in total. The molecule has 0 saturated carbocycles. The molecule has 2 atom stereocenters. The van der Waals surface area contributed by atoms with E-state index in [0.29, 0.717) is 16.5 Å². The molecule has 0 radical (unpaired) electrons. The van der Waals surface area contributed by atoms with Crippen LogP contribution in [0.4, 0.5) is 0 Å². The van der Waals surface area contributed by atoms with Crippen molar-refractivity contribution in [2.45, 2.75) is 36.8 Å². The van der Waals surface area contributed by atoms with Crippen LogP contribution in [-0.2, 0) is 4.74 Å². The molecule has 1 aromatic carbocycles. The van der Waals surface area contributed by atoms with E-state index < -0.39 is 0 Å². The zero-order valence-electron chi connectivity index (χ0n) is 11.3. The van der Waals surface area contributed by atoms with Gasteiger partial charge in [0.15, 0.2) is 0 Å². The van der Waals surface area contributed by atoms with Crippen molar-refractivity contribution in [1.82, 2.24) is 5.32 Å². The van der Waals surface area contributed by atoms with Crippen LogP contribution < -0.4 is 5.32 Å². The van der Waals surface area contributed by atoms with Crippen molar-refractivity contribution in [3.63, 3.8) is 0 Å². The summed E-state index contributed by atoms with van der Waals surface area (Å²) in [6.07, 6.45) is 1.19. The van der Waals surface area contributed by atoms with Gasteiger partial charge in [-0.15, -0.1) is 11.8 Å². The maximum atomic E-state index is 5.28. The fraction of sp³-hybridized carbons (Fsp3) is 0.600. The molecule has 1 aliphatic rings. The van der Waals surface area contributed by atoms with Crippen LogP contribution in [0.3, 0.4) is 0 Å². The van der Waals surface area contributed by atoms with Crippen LogP contribution in [0.15, 0.2) is 30.3 Å². The van der Waals surface area contributed by atoms with Crippen LogP contribution in [0.1, 0.15) is 31.9 Å². The van der Waals surface area contributed by atoms with Crippen molar-refractivity contribution in [2.24, 2.45) is 0 Å². The molecule has 1 saturated heterocycles. The minimum atomic E-state index is 0.451. The highest BCUT2D eigenvalue weighted by Gasteiger charge is 2.28.